The molecule has 7 nitrogen and oxygen atoms in total. The van der Waals surface area contributed by atoms with Crippen LogP contribution in [0.4, 0.5) is 11.4 Å². The van der Waals surface area contributed by atoms with Crippen LogP contribution in [0.25, 0.3) is 22.0 Å². The zero-order chi connectivity index (χ0) is 24.3. The first kappa shape index (κ1) is 16.9. The van der Waals surface area contributed by atoms with Crippen molar-refractivity contribution in [3.05, 3.63) is 47.0 Å². The Bertz CT molecular complexity index is 1420. The molecular formula is C23H28N4O3S. The van der Waals surface area contributed by atoms with Gasteiger partial charge >= 0.3 is 0 Å². The molecule has 1 aliphatic heterocycles. The molecule has 2 aliphatic rings. The second kappa shape index (κ2) is 7.15. The van der Waals surface area contributed by atoms with Gasteiger partial charge in [0, 0.05) is 64.5 Å². The van der Waals surface area contributed by atoms with E-state index in [1.807, 2.05) is 6.07 Å². The average Bonchev–Trinajstić information content (AvgIpc) is 3.31. The van der Waals surface area contributed by atoms with Gasteiger partial charge in [-0.25, -0.2) is 8.42 Å². The molecule has 2 fully saturated rings. The van der Waals surface area contributed by atoms with Gasteiger partial charge < -0.3 is 14.5 Å². The minimum Gasteiger partial charge on any atom is -0.370 e. The summed E-state index contributed by atoms with van der Waals surface area (Å²) in [7, 11) is -3.50. The predicted molar refractivity (Wildman–Crippen MR) is 125 cm³/mol. The van der Waals surface area contributed by atoms with E-state index in [1.54, 1.807) is 31.3 Å². The highest BCUT2D eigenvalue weighted by Gasteiger charge is 2.45. The molecule has 3 aromatic rings. The van der Waals surface area contributed by atoms with E-state index in [2.05, 4.69) is 14.6 Å². The maximum Gasteiger partial charge on any atom is 0.274 e. The van der Waals surface area contributed by atoms with Gasteiger partial charge in [-0.05, 0) is 62.3 Å². The van der Waals surface area contributed by atoms with Gasteiger partial charge in [0.2, 0.25) is 10.0 Å². The van der Waals surface area contributed by atoms with Crippen LogP contribution in [0.5, 0.6) is 0 Å². The molecule has 31 heavy (non-hydrogen) atoms. The van der Waals surface area contributed by atoms with Crippen LogP contribution in [0.15, 0.2) is 41.5 Å². The number of anilines is 2. The summed E-state index contributed by atoms with van der Waals surface area (Å²) in [4.78, 5) is 18.1. The lowest BCUT2D eigenvalue weighted by Gasteiger charge is -2.36. The number of hydrogen-bond donors (Lipinski definition) is 2. The Hall–Kier alpha value is -2.74. The first-order valence-corrected chi connectivity index (χ1v) is 12.3. The molecule has 0 radical (unpaired) electrons. The fourth-order valence-corrected chi connectivity index (χ4v) is 5.33. The summed E-state index contributed by atoms with van der Waals surface area (Å²) in [6.45, 7) is 0.686. The summed E-state index contributed by atoms with van der Waals surface area (Å²) >= 11 is 0. The largest absolute Gasteiger partial charge is 0.370 e. The molecule has 164 valence electrons. The Morgan fingerprint density at radius 2 is 2.06 bits per heavy atom. The lowest BCUT2D eigenvalue weighted by Crippen LogP contribution is -2.36. The molecule has 2 aromatic heterocycles. The summed E-state index contributed by atoms with van der Waals surface area (Å²) in [5, 5.41) is 0.598. The van der Waals surface area contributed by atoms with Gasteiger partial charge in [0.1, 0.15) is 5.52 Å². The van der Waals surface area contributed by atoms with E-state index in [0.717, 1.165) is 29.8 Å². The third-order valence-corrected chi connectivity index (χ3v) is 7.93. The zero-order valence-corrected chi connectivity index (χ0v) is 18.3. The van der Waals surface area contributed by atoms with Gasteiger partial charge in [0.15, 0.2) is 0 Å². The van der Waals surface area contributed by atoms with Gasteiger partial charge in [-0.1, -0.05) is 0 Å². The van der Waals surface area contributed by atoms with Gasteiger partial charge in [-0.3, -0.25) is 9.52 Å². The van der Waals surface area contributed by atoms with E-state index in [9.17, 15) is 13.2 Å². The summed E-state index contributed by atoms with van der Waals surface area (Å²) < 4.78 is 51.5. The van der Waals surface area contributed by atoms with Crippen LogP contribution in [0, 0.1) is 5.41 Å². The maximum absolute atomic E-state index is 12.9. The standard InChI is InChI=1S/C23H28N4O3S/c1-3-31(29,30)25-16-5-6-20(27-12-4-8-23(15-27)9-10-23)18(13-16)19-14-26(2)22(28)21-17(19)7-11-24-21/h5-7,11,13-14,24-25H,3-4,8-10,12,15H2,1-2H3/i2D3. The van der Waals surface area contributed by atoms with E-state index in [1.165, 1.54) is 25.5 Å². The number of nitrogens with one attached hydrogen (secondary N) is 2. The fraction of sp³-hybridized carbons (Fsp3) is 0.435. The van der Waals surface area contributed by atoms with Gasteiger partial charge in [0.25, 0.3) is 5.56 Å². The number of aromatic nitrogens is 2. The second-order valence-corrected chi connectivity index (χ2v) is 10.8. The van der Waals surface area contributed by atoms with Crippen molar-refractivity contribution in [3.63, 3.8) is 0 Å². The first-order chi connectivity index (χ1) is 16.0. The third-order valence-electron chi connectivity index (χ3n) is 6.63. The summed E-state index contributed by atoms with van der Waals surface area (Å²) in [6.07, 6.45) is 7.68. The minimum atomic E-state index is -3.50. The average molecular weight is 444 g/mol. The van der Waals surface area contributed by atoms with E-state index < -0.39 is 22.6 Å². The van der Waals surface area contributed by atoms with Gasteiger partial charge in [-0.15, -0.1) is 0 Å². The number of rotatable bonds is 5. The number of piperidine rings is 1. The summed E-state index contributed by atoms with van der Waals surface area (Å²) in [5.74, 6) is -0.0648. The van der Waals surface area contributed by atoms with Crippen LogP contribution in [-0.4, -0.2) is 36.8 Å². The topological polar surface area (TPSA) is 87.2 Å². The zero-order valence-electron chi connectivity index (χ0n) is 20.4. The molecule has 1 spiro atoms. The number of pyridine rings is 1. The Morgan fingerprint density at radius 1 is 1.23 bits per heavy atom. The minimum absolute atomic E-state index is 0.0648. The molecule has 0 amide bonds. The molecule has 2 N–H and O–H groups in total. The number of hydrogen-bond acceptors (Lipinski definition) is 4. The number of nitrogens with zero attached hydrogens (tertiary/aromatic N) is 2. The van der Waals surface area contributed by atoms with Crippen LogP contribution in [0.2, 0.25) is 0 Å². The lowest BCUT2D eigenvalue weighted by atomic mass is 9.93. The smallest absolute Gasteiger partial charge is 0.274 e. The van der Waals surface area contributed by atoms with Crippen molar-refractivity contribution < 1.29 is 12.5 Å². The maximum atomic E-state index is 12.9. The Labute approximate surface area is 186 Å². The van der Waals surface area contributed by atoms with E-state index in [4.69, 9.17) is 4.11 Å². The van der Waals surface area contributed by atoms with Crippen molar-refractivity contribution in [3.8, 4) is 11.1 Å². The van der Waals surface area contributed by atoms with Gasteiger partial charge in [-0.2, -0.15) is 0 Å². The van der Waals surface area contributed by atoms with Gasteiger partial charge in [0.05, 0.1) is 5.75 Å². The molecule has 0 atom stereocenters. The molecule has 8 heteroatoms. The fourth-order valence-electron chi connectivity index (χ4n) is 4.70. The van der Waals surface area contributed by atoms with E-state index in [0.29, 0.717) is 27.6 Å². The number of benzene rings is 1. The highest BCUT2D eigenvalue weighted by atomic mass is 32.2. The molecule has 3 heterocycles. The van der Waals surface area contributed by atoms with Crippen molar-refractivity contribution in [2.75, 3.05) is 28.5 Å². The summed E-state index contributed by atoms with van der Waals surface area (Å²) in [6, 6.07) is 7.13. The SMILES string of the molecule is [2H]C([2H])([2H])n1cc(-c2cc(NS(=O)(=O)CC)ccc2N2CCCC3(CC3)C2)c2cc[nH]c2c1=O. The van der Waals surface area contributed by atoms with Crippen LogP contribution >= 0.6 is 0 Å². The second-order valence-electron chi connectivity index (χ2n) is 8.75. The highest BCUT2D eigenvalue weighted by molar-refractivity contribution is 7.92. The number of H-pyrrole nitrogens is 1. The van der Waals surface area contributed by atoms with Crippen molar-refractivity contribution in [2.45, 2.75) is 32.6 Å². The number of aryl methyl sites for hydroxylation is 1. The number of aromatic amines is 1. The Kier molecular flexibility index (Phi) is 3.90. The Balaban J connectivity index is 1.73. The van der Waals surface area contributed by atoms with Crippen LogP contribution in [0.1, 0.15) is 36.7 Å². The van der Waals surface area contributed by atoms with E-state index >= 15 is 0 Å². The number of fused-ring (bicyclic) bond motifs is 1. The first-order valence-electron chi connectivity index (χ1n) is 12.2. The third kappa shape index (κ3) is 3.63. The summed E-state index contributed by atoms with van der Waals surface area (Å²) in [5.41, 5.74) is 2.49. The molecule has 1 saturated carbocycles. The highest BCUT2D eigenvalue weighted by Crippen LogP contribution is 2.53. The predicted octanol–water partition coefficient (Wildman–Crippen LogP) is 3.68. The van der Waals surface area contributed by atoms with Crippen molar-refractivity contribution >= 4 is 32.3 Å². The molecular weight excluding hydrogens is 412 g/mol. The molecule has 0 unspecified atom stereocenters. The van der Waals surface area contributed by atoms with Crippen molar-refractivity contribution in [1.29, 1.82) is 0 Å². The van der Waals surface area contributed by atoms with E-state index in [-0.39, 0.29) is 11.3 Å². The number of sulfonamides is 1. The molecule has 5 rings (SSSR count). The molecule has 1 saturated heterocycles. The molecule has 1 aromatic carbocycles. The molecule has 1 aliphatic carbocycles. The quantitative estimate of drug-likeness (QED) is 0.630. The normalized spacial score (nSPS) is 19.8. The van der Waals surface area contributed by atoms with Crippen LogP contribution < -0.4 is 15.2 Å². The van der Waals surface area contributed by atoms with Crippen molar-refractivity contribution in [1.82, 2.24) is 9.55 Å². The van der Waals surface area contributed by atoms with Crippen molar-refractivity contribution in [2.24, 2.45) is 12.4 Å². The monoisotopic (exact) mass is 443 g/mol. The van der Waals surface area contributed by atoms with Crippen LogP contribution in [-0.2, 0) is 17.0 Å². The molecule has 0 bridgehead atoms. The Morgan fingerprint density at radius 3 is 2.81 bits per heavy atom. The lowest BCUT2D eigenvalue weighted by molar-refractivity contribution is 0.395. The van der Waals surface area contributed by atoms with Crippen LogP contribution in [0.3, 0.4) is 0 Å².